The zero-order valence-corrected chi connectivity index (χ0v) is 13.0. The first-order valence-corrected chi connectivity index (χ1v) is 7.36. The Labute approximate surface area is 114 Å². The van der Waals surface area contributed by atoms with E-state index in [-0.39, 0.29) is 0 Å². The monoisotopic (exact) mass is 297 g/mol. The van der Waals surface area contributed by atoms with Crippen LogP contribution in [-0.2, 0) is 6.54 Å². The van der Waals surface area contributed by atoms with Crippen molar-refractivity contribution in [2.24, 2.45) is 0 Å². The number of rotatable bonds is 6. The Bertz CT molecular complexity index is 348. The van der Waals surface area contributed by atoms with Gasteiger partial charge in [0, 0.05) is 16.6 Å². The maximum atomic E-state index is 3.73. The standard InChI is InChI=1S/C15H24BrN/c1-5-15(6-2,7-3)17-11-13-9-8-12(4)10-14(13)16/h8-10,17H,5-7,11H2,1-4H3. The Balaban J connectivity index is 2.72. The summed E-state index contributed by atoms with van der Waals surface area (Å²) in [5, 5.41) is 3.73. The van der Waals surface area contributed by atoms with Crippen molar-refractivity contribution in [2.45, 2.75) is 59.0 Å². The normalized spacial score (nSPS) is 11.8. The molecule has 1 aromatic carbocycles. The van der Waals surface area contributed by atoms with E-state index in [4.69, 9.17) is 0 Å². The molecule has 0 atom stereocenters. The van der Waals surface area contributed by atoms with Crippen LogP contribution < -0.4 is 5.32 Å². The van der Waals surface area contributed by atoms with Crippen LogP contribution >= 0.6 is 15.9 Å². The Morgan fingerprint density at radius 3 is 2.18 bits per heavy atom. The van der Waals surface area contributed by atoms with Crippen LogP contribution in [0.5, 0.6) is 0 Å². The van der Waals surface area contributed by atoms with Crippen LogP contribution in [0, 0.1) is 6.92 Å². The van der Waals surface area contributed by atoms with Crippen molar-refractivity contribution < 1.29 is 0 Å². The molecule has 0 aliphatic heterocycles. The molecule has 1 rings (SSSR count). The number of nitrogens with one attached hydrogen (secondary N) is 1. The molecule has 0 amide bonds. The van der Waals surface area contributed by atoms with E-state index < -0.39 is 0 Å². The highest BCUT2D eigenvalue weighted by Gasteiger charge is 2.22. The van der Waals surface area contributed by atoms with Crippen LogP contribution in [0.25, 0.3) is 0 Å². The zero-order chi connectivity index (χ0) is 12.9. The van der Waals surface area contributed by atoms with Crippen LogP contribution in [0.2, 0.25) is 0 Å². The summed E-state index contributed by atoms with van der Waals surface area (Å²) in [5.41, 5.74) is 2.94. The summed E-state index contributed by atoms with van der Waals surface area (Å²) < 4.78 is 1.21. The first kappa shape index (κ1) is 14.7. The second-order valence-electron chi connectivity index (χ2n) is 4.79. The van der Waals surface area contributed by atoms with Crippen LogP contribution in [-0.4, -0.2) is 5.54 Å². The zero-order valence-electron chi connectivity index (χ0n) is 11.4. The average molecular weight is 298 g/mol. The minimum absolute atomic E-state index is 0.296. The van der Waals surface area contributed by atoms with E-state index in [0.29, 0.717) is 5.54 Å². The highest BCUT2D eigenvalue weighted by atomic mass is 79.9. The molecule has 1 aromatic rings. The molecular weight excluding hydrogens is 274 g/mol. The van der Waals surface area contributed by atoms with Crippen molar-refractivity contribution in [3.05, 3.63) is 33.8 Å². The highest BCUT2D eigenvalue weighted by molar-refractivity contribution is 9.10. The molecule has 0 heterocycles. The van der Waals surface area contributed by atoms with Crippen LogP contribution in [0.1, 0.15) is 51.2 Å². The molecule has 17 heavy (non-hydrogen) atoms. The predicted octanol–water partition coefficient (Wildman–Crippen LogP) is 4.82. The minimum atomic E-state index is 0.296. The Morgan fingerprint density at radius 2 is 1.71 bits per heavy atom. The molecule has 1 nitrogen and oxygen atoms in total. The van der Waals surface area contributed by atoms with Crippen LogP contribution in [0.3, 0.4) is 0 Å². The molecule has 0 unspecified atom stereocenters. The lowest BCUT2D eigenvalue weighted by molar-refractivity contribution is 0.288. The van der Waals surface area contributed by atoms with Gasteiger partial charge in [0.1, 0.15) is 0 Å². The lowest BCUT2D eigenvalue weighted by atomic mass is 9.89. The van der Waals surface area contributed by atoms with Crippen molar-refractivity contribution in [3.63, 3.8) is 0 Å². The molecule has 2 heteroatoms. The van der Waals surface area contributed by atoms with E-state index in [1.54, 1.807) is 0 Å². The van der Waals surface area contributed by atoms with Gasteiger partial charge in [-0.1, -0.05) is 48.8 Å². The molecule has 0 aromatic heterocycles. The number of benzene rings is 1. The third kappa shape index (κ3) is 3.82. The van der Waals surface area contributed by atoms with Crippen LogP contribution in [0.15, 0.2) is 22.7 Å². The molecule has 0 fully saturated rings. The molecule has 0 saturated carbocycles. The van der Waals surface area contributed by atoms with Crippen molar-refractivity contribution in [1.29, 1.82) is 0 Å². The first-order valence-electron chi connectivity index (χ1n) is 6.57. The van der Waals surface area contributed by atoms with E-state index in [2.05, 4.69) is 67.1 Å². The summed E-state index contributed by atoms with van der Waals surface area (Å²) in [5.74, 6) is 0. The second-order valence-corrected chi connectivity index (χ2v) is 5.64. The molecule has 0 spiro atoms. The molecule has 0 aliphatic carbocycles. The Hall–Kier alpha value is -0.340. The van der Waals surface area contributed by atoms with Gasteiger partial charge >= 0.3 is 0 Å². The SMILES string of the molecule is CCC(CC)(CC)NCc1ccc(C)cc1Br. The molecule has 0 radical (unpaired) electrons. The summed E-state index contributed by atoms with van der Waals surface area (Å²) in [6.07, 6.45) is 3.55. The molecule has 1 N–H and O–H groups in total. The quantitative estimate of drug-likeness (QED) is 0.794. The molecule has 96 valence electrons. The van der Waals surface area contributed by atoms with Gasteiger partial charge in [-0.2, -0.15) is 0 Å². The smallest absolute Gasteiger partial charge is 0.0222 e. The van der Waals surface area contributed by atoms with Gasteiger partial charge in [-0.15, -0.1) is 0 Å². The number of aryl methyl sites for hydroxylation is 1. The van der Waals surface area contributed by atoms with Gasteiger partial charge < -0.3 is 5.32 Å². The van der Waals surface area contributed by atoms with E-state index in [9.17, 15) is 0 Å². The van der Waals surface area contributed by atoms with Gasteiger partial charge in [0.05, 0.1) is 0 Å². The summed E-state index contributed by atoms with van der Waals surface area (Å²) in [6.45, 7) is 9.87. The van der Waals surface area contributed by atoms with Gasteiger partial charge in [-0.3, -0.25) is 0 Å². The van der Waals surface area contributed by atoms with Gasteiger partial charge in [0.2, 0.25) is 0 Å². The van der Waals surface area contributed by atoms with Gasteiger partial charge in [-0.05, 0) is 43.4 Å². The van der Waals surface area contributed by atoms with Gasteiger partial charge in [0.15, 0.2) is 0 Å². The fraction of sp³-hybridized carbons (Fsp3) is 0.600. The van der Waals surface area contributed by atoms with Crippen molar-refractivity contribution in [2.75, 3.05) is 0 Å². The third-order valence-electron chi connectivity index (χ3n) is 3.89. The largest absolute Gasteiger partial charge is 0.307 e. The number of hydrogen-bond acceptors (Lipinski definition) is 1. The van der Waals surface area contributed by atoms with Crippen molar-refractivity contribution in [1.82, 2.24) is 5.32 Å². The van der Waals surface area contributed by atoms with E-state index >= 15 is 0 Å². The van der Waals surface area contributed by atoms with Gasteiger partial charge in [0.25, 0.3) is 0 Å². The molecule has 0 saturated heterocycles. The van der Waals surface area contributed by atoms with E-state index in [0.717, 1.165) is 6.54 Å². The maximum Gasteiger partial charge on any atom is 0.0222 e. The number of halogens is 1. The summed E-state index contributed by atoms with van der Waals surface area (Å²) in [7, 11) is 0. The minimum Gasteiger partial charge on any atom is -0.307 e. The van der Waals surface area contributed by atoms with Crippen LogP contribution in [0.4, 0.5) is 0 Å². The lowest BCUT2D eigenvalue weighted by Crippen LogP contribution is -2.43. The maximum absolute atomic E-state index is 3.73. The second kappa shape index (κ2) is 6.55. The Kier molecular flexibility index (Phi) is 5.68. The Morgan fingerprint density at radius 1 is 1.12 bits per heavy atom. The molecule has 0 bridgehead atoms. The summed E-state index contributed by atoms with van der Waals surface area (Å²) in [4.78, 5) is 0. The summed E-state index contributed by atoms with van der Waals surface area (Å²) in [6, 6.07) is 6.56. The predicted molar refractivity (Wildman–Crippen MR) is 79.3 cm³/mol. The fourth-order valence-electron chi connectivity index (χ4n) is 2.20. The van der Waals surface area contributed by atoms with Crippen molar-refractivity contribution >= 4 is 15.9 Å². The molecule has 0 aliphatic rings. The lowest BCUT2D eigenvalue weighted by Gasteiger charge is -2.32. The topological polar surface area (TPSA) is 12.0 Å². The third-order valence-corrected chi connectivity index (χ3v) is 4.63. The van der Waals surface area contributed by atoms with E-state index in [1.165, 1.54) is 34.9 Å². The van der Waals surface area contributed by atoms with Crippen molar-refractivity contribution in [3.8, 4) is 0 Å². The fourth-order valence-corrected chi connectivity index (χ4v) is 2.84. The first-order chi connectivity index (χ1) is 8.06. The highest BCUT2D eigenvalue weighted by Crippen LogP contribution is 2.23. The van der Waals surface area contributed by atoms with E-state index in [1.807, 2.05) is 0 Å². The van der Waals surface area contributed by atoms with Gasteiger partial charge in [-0.25, -0.2) is 0 Å². The average Bonchev–Trinajstić information content (AvgIpc) is 2.33. The number of hydrogen-bond donors (Lipinski definition) is 1. The molecular formula is C15H24BrN. The summed E-state index contributed by atoms with van der Waals surface area (Å²) >= 11 is 3.64.